The zero-order valence-electron chi connectivity index (χ0n) is 29.9. The van der Waals surface area contributed by atoms with Crippen molar-refractivity contribution < 1.29 is 28.9 Å². The summed E-state index contributed by atoms with van der Waals surface area (Å²) in [7, 11) is 1.68. The highest BCUT2D eigenvalue weighted by atomic mass is 16.7. The van der Waals surface area contributed by atoms with Gasteiger partial charge in [0.2, 0.25) is 11.8 Å². The molecular weight excluding hydrogens is 594 g/mol. The minimum Gasteiger partial charge on any atom is -0.388 e. The Morgan fingerprint density at radius 3 is 2.51 bits per heavy atom. The molecule has 9 nitrogen and oxygen atoms in total. The van der Waals surface area contributed by atoms with Gasteiger partial charge in [-0.3, -0.25) is 9.59 Å². The fraction of sp³-hybridized carbons (Fsp3) is 0.947. The maximum absolute atomic E-state index is 12.9. The number of nitrogens with zero attached hydrogens (tertiary/aromatic N) is 1. The van der Waals surface area contributed by atoms with Gasteiger partial charge in [-0.1, -0.05) is 34.1 Å². The van der Waals surface area contributed by atoms with Crippen molar-refractivity contribution in [2.75, 3.05) is 26.7 Å². The van der Waals surface area contributed by atoms with E-state index in [4.69, 9.17) is 19.9 Å². The van der Waals surface area contributed by atoms with Crippen LogP contribution in [-0.4, -0.2) is 84.8 Å². The molecule has 7 fully saturated rings. The van der Waals surface area contributed by atoms with Crippen LogP contribution >= 0.6 is 0 Å². The molecule has 7 aliphatic rings. The lowest BCUT2D eigenvalue weighted by atomic mass is 9.44. The van der Waals surface area contributed by atoms with Gasteiger partial charge in [0.15, 0.2) is 6.29 Å². The number of amides is 2. The van der Waals surface area contributed by atoms with E-state index in [-0.39, 0.29) is 64.0 Å². The topological polar surface area (TPSA) is 123 Å². The van der Waals surface area contributed by atoms with Crippen molar-refractivity contribution in [1.29, 1.82) is 0 Å². The molecule has 47 heavy (non-hydrogen) atoms. The van der Waals surface area contributed by atoms with Crippen LogP contribution in [-0.2, 0) is 23.8 Å². The van der Waals surface area contributed by atoms with Gasteiger partial charge in [-0.15, -0.1) is 0 Å². The molecule has 6 aliphatic carbocycles. The molecule has 2 spiro atoms. The molecule has 2 amide bonds. The minimum atomic E-state index is -0.704. The van der Waals surface area contributed by atoms with Crippen LogP contribution in [0.1, 0.15) is 124 Å². The fourth-order valence-electron chi connectivity index (χ4n) is 12.4. The number of nitrogens with two attached hydrogens (primary N) is 1. The third-order valence-corrected chi connectivity index (χ3v) is 15.2. The number of aliphatic hydroxyl groups excluding tert-OH is 1. The van der Waals surface area contributed by atoms with Gasteiger partial charge in [-0.05, 0) is 116 Å². The zero-order chi connectivity index (χ0) is 33.4. The van der Waals surface area contributed by atoms with Crippen LogP contribution in [0.5, 0.6) is 0 Å². The maximum atomic E-state index is 12.9. The average Bonchev–Trinajstić information content (AvgIpc) is 3.96. The van der Waals surface area contributed by atoms with Crippen LogP contribution in [0.2, 0.25) is 0 Å². The molecule has 0 aromatic heterocycles. The first-order valence-electron chi connectivity index (χ1n) is 19.2. The number of morpholine rings is 1. The van der Waals surface area contributed by atoms with Crippen LogP contribution in [0.15, 0.2) is 0 Å². The number of rotatable bonds is 11. The average molecular weight is 658 g/mol. The van der Waals surface area contributed by atoms with Gasteiger partial charge < -0.3 is 35.3 Å². The van der Waals surface area contributed by atoms with Crippen molar-refractivity contribution in [2.24, 2.45) is 45.1 Å². The Hall–Kier alpha value is -1.26. The first-order valence-corrected chi connectivity index (χ1v) is 19.2. The van der Waals surface area contributed by atoms with Crippen molar-refractivity contribution in [3.8, 4) is 0 Å². The molecule has 1 saturated heterocycles. The number of nitrogens with one attached hydrogen (secondary N) is 1. The molecule has 9 heteroatoms. The van der Waals surface area contributed by atoms with Gasteiger partial charge in [0.25, 0.3) is 0 Å². The third kappa shape index (κ3) is 5.42. The lowest BCUT2D eigenvalue weighted by Gasteiger charge is -2.62. The normalized spacial score (nSPS) is 45.6. The Kier molecular flexibility index (Phi) is 8.88. The molecule has 6 saturated carbocycles. The first kappa shape index (κ1) is 34.2. The molecule has 0 bridgehead atoms. The van der Waals surface area contributed by atoms with E-state index in [9.17, 15) is 14.7 Å². The Bertz CT molecular complexity index is 1210. The molecule has 0 radical (unpaired) electrons. The van der Waals surface area contributed by atoms with E-state index in [0.29, 0.717) is 50.8 Å². The Morgan fingerprint density at radius 1 is 1.04 bits per heavy atom. The number of hydrogen-bond acceptors (Lipinski definition) is 7. The molecule has 0 aromatic carbocycles. The zero-order valence-corrected chi connectivity index (χ0v) is 29.9. The molecule has 0 aromatic rings. The summed E-state index contributed by atoms with van der Waals surface area (Å²) in [5, 5.41) is 14.9. The predicted molar refractivity (Wildman–Crippen MR) is 179 cm³/mol. The van der Waals surface area contributed by atoms with Gasteiger partial charge in [0, 0.05) is 26.4 Å². The smallest absolute Gasteiger partial charge is 0.223 e. The third-order valence-electron chi connectivity index (χ3n) is 15.2. The van der Waals surface area contributed by atoms with Crippen LogP contribution < -0.4 is 11.1 Å². The van der Waals surface area contributed by atoms with Crippen LogP contribution in [0.4, 0.5) is 0 Å². The maximum Gasteiger partial charge on any atom is 0.223 e. The van der Waals surface area contributed by atoms with Gasteiger partial charge >= 0.3 is 0 Å². The van der Waals surface area contributed by atoms with E-state index in [1.54, 1.807) is 7.05 Å². The summed E-state index contributed by atoms with van der Waals surface area (Å²) in [5.41, 5.74) is 7.21. The summed E-state index contributed by atoms with van der Waals surface area (Å²) in [6.45, 7) is 11.1. The molecule has 11 unspecified atom stereocenters. The van der Waals surface area contributed by atoms with Crippen molar-refractivity contribution >= 4 is 11.8 Å². The largest absolute Gasteiger partial charge is 0.388 e. The van der Waals surface area contributed by atoms with Crippen molar-refractivity contribution in [3.05, 3.63) is 0 Å². The molecule has 4 N–H and O–H groups in total. The summed E-state index contributed by atoms with van der Waals surface area (Å²) in [4.78, 5) is 26.9. The van der Waals surface area contributed by atoms with E-state index in [1.807, 2.05) is 4.90 Å². The van der Waals surface area contributed by atoms with Crippen molar-refractivity contribution in [3.63, 3.8) is 0 Å². The standard InChI is InChI=1S/C38H63N3O6/c1-6-7-25(10-13-30(42)40-5)46-26-21-35(4)16-17-37-23-36(37)15-14-29(34(2,3)27(36)11-12-28(37)38(35,39)33(26)44)47-32-22-41(18-19-45-32)31(43)20-24-8-9-24/h24-29,32-33,44H,6-23,39H2,1-5H3,(H,40,42). The van der Waals surface area contributed by atoms with Gasteiger partial charge in [-0.2, -0.15) is 0 Å². The number of fused-ring (bicyclic) bond motifs is 2. The molecule has 266 valence electrons. The Labute approximate surface area is 282 Å². The van der Waals surface area contributed by atoms with Gasteiger partial charge in [0.1, 0.15) is 0 Å². The number of carbonyl (C=O) groups excluding carboxylic acids is 2. The van der Waals surface area contributed by atoms with Crippen LogP contribution in [0.3, 0.4) is 0 Å². The highest BCUT2D eigenvalue weighted by molar-refractivity contribution is 5.77. The summed E-state index contributed by atoms with van der Waals surface area (Å²) in [6.07, 6.45) is 13.2. The molecule has 1 aliphatic heterocycles. The Balaban J connectivity index is 1.04. The van der Waals surface area contributed by atoms with Crippen molar-refractivity contribution in [2.45, 2.75) is 160 Å². The second-order valence-electron chi connectivity index (χ2n) is 17.9. The number of aliphatic hydroxyl groups is 1. The van der Waals surface area contributed by atoms with E-state index in [2.05, 4.69) is 33.0 Å². The van der Waals surface area contributed by atoms with E-state index in [1.165, 1.54) is 25.7 Å². The fourth-order valence-corrected chi connectivity index (χ4v) is 12.4. The Morgan fingerprint density at radius 2 is 1.79 bits per heavy atom. The highest BCUT2D eigenvalue weighted by Crippen LogP contribution is 2.87. The predicted octanol–water partition coefficient (Wildman–Crippen LogP) is 4.92. The second kappa shape index (κ2) is 12.2. The molecule has 11 atom stereocenters. The van der Waals surface area contributed by atoms with E-state index < -0.39 is 11.6 Å². The van der Waals surface area contributed by atoms with Crippen LogP contribution in [0, 0.1) is 39.4 Å². The monoisotopic (exact) mass is 657 g/mol. The number of hydrogen-bond donors (Lipinski definition) is 3. The summed E-state index contributed by atoms with van der Waals surface area (Å²) < 4.78 is 19.6. The van der Waals surface area contributed by atoms with Crippen molar-refractivity contribution in [1.82, 2.24) is 10.2 Å². The van der Waals surface area contributed by atoms with Gasteiger partial charge in [-0.25, -0.2) is 0 Å². The summed E-state index contributed by atoms with van der Waals surface area (Å²) >= 11 is 0. The lowest BCUT2D eigenvalue weighted by molar-refractivity contribution is -0.245. The number of ether oxygens (including phenoxy) is 3. The molecular formula is C38H63N3O6. The molecule has 1 heterocycles. The summed E-state index contributed by atoms with van der Waals surface area (Å²) in [6, 6.07) is 0. The summed E-state index contributed by atoms with van der Waals surface area (Å²) in [5.74, 6) is 1.71. The van der Waals surface area contributed by atoms with Crippen LogP contribution in [0.25, 0.3) is 0 Å². The van der Waals surface area contributed by atoms with Gasteiger partial charge in [0.05, 0.1) is 43.1 Å². The first-order chi connectivity index (χ1) is 22.3. The highest BCUT2D eigenvalue weighted by Gasteiger charge is 2.83. The molecule has 7 rings (SSSR count). The van der Waals surface area contributed by atoms with E-state index >= 15 is 0 Å². The number of carbonyl (C=O) groups is 2. The quantitative estimate of drug-likeness (QED) is 0.288. The lowest BCUT2D eigenvalue weighted by Crippen LogP contribution is -2.69. The minimum absolute atomic E-state index is 0.0169. The van der Waals surface area contributed by atoms with E-state index in [0.717, 1.165) is 51.4 Å². The second-order valence-corrected chi connectivity index (χ2v) is 17.9. The SMILES string of the molecule is CCCC(CCC(=O)NC)OC1CC2(C)CCC34CC35CCC(OC3CN(C(=O)CC6CC6)CCO3)C(C)(C)C5CCC4C2(N)C1O.